The smallest absolute Gasteiger partial charge is 0.408 e. The van der Waals surface area contributed by atoms with Gasteiger partial charge in [0.25, 0.3) is 0 Å². The van der Waals surface area contributed by atoms with Gasteiger partial charge in [-0.25, -0.2) is 4.79 Å². The molecule has 2 aromatic carbocycles. The number of fused-ring (bicyclic) bond motifs is 1. The van der Waals surface area contributed by atoms with Gasteiger partial charge >= 0.3 is 5.76 Å². The topological polar surface area (TPSA) is 55.5 Å². The molecular weight excluding hydrogens is 304 g/mol. The van der Waals surface area contributed by atoms with Gasteiger partial charge in [-0.3, -0.25) is 9.36 Å². The maximum atomic E-state index is 12.6. The summed E-state index contributed by atoms with van der Waals surface area (Å²) in [7, 11) is 1.72. The fraction of sp³-hybridized carbons (Fsp3) is 0.263. The summed E-state index contributed by atoms with van der Waals surface area (Å²) in [5, 5.41) is 0. The lowest BCUT2D eigenvalue weighted by atomic mass is 10.0. The minimum absolute atomic E-state index is 0.0573. The zero-order valence-electron chi connectivity index (χ0n) is 14.0. The number of amides is 1. The van der Waals surface area contributed by atoms with Crippen LogP contribution in [0.1, 0.15) is 25.3 Å². The Kier molecular flexibility index (Phi) is 4.25. The van der Waals surface area contributed by atoms with Crippen molar-refractivity contribution in [3.63, 3.8) is 0 Å². The average molecular weight is 324 g/mol. The van der Waals surface area contributed by atoms with E-state index in [2.05, 4.69) is 13.8 Å². The van der Waals surface area contributed by atoms with Crippen molar-refractivity contribution in [1.29, 1.82) is 0 Å². The van der Waals surface area contributed by atoms with Crippen LogP contribution in [0.15, 0.2) is 57.7 Å². The summed E-state index contributed by atoms with van der Waals surface area (Å²) in [6, 6.07) is 15.0. The van der Waals surface area contributed by atoms with Crippen LogP contribution in [-0.4, -0.2) is 17.5 Å². The number of aromatic nitrogens is 1. The maximum Gasteiger partial charge on any atom is 0.420 e. The van der Waals surface area contributed by atoms with E-state index in [1.54, 1.807) is 30.1 Å². The van der Waals surface area contributed by atoms with Crippen molar-refractivity contribution in [2.24, 2.45) is 0 Å². The van der Waals surface area contributed by atoms with Crippen LogP contribution in [0.25, 0.3) is 11.1 Å². The molecule has 0 bridgehead atoms. The van der Waals surface area contributed by atoms with Gasteiger partial charge in [0, 0.05) is 12.7 Å². The van der Waals surface area contributed by atoms with Crippen LogP contribution in [0.4, 0.5) is 5.69 Å². The summed E-state index contributed by atoms with van der Waals surface area (Å²) in [6.07, 6.45) is 0. The van der Waals surface area contributed by atoms with E-state index >= 15 is 0 Å². The highest BCUT2D eigenvalue weighted by atomic mass is 16.4. The van der Waals surface area contributed by atoms with Gasteiger partial charge in [-0.1, -0.05) is 38.1 Å². The van der Waals surface area contributed by atoms with Crippen LogP contribution >= 0.6 is 0 Å². The van der Waals surface area contributed by atoms with E-state index in [1.807, 2.05) is 30.3 Å². The third-order valence-electron chi connectivity index (χ3n) is 4.17. The monoisotopic (exact) mass is 324 g/mol. The van der Waals surface area contributed by atoms with Crippen molar-refractivity contribution in [3.8, 4) is 0 Å². The molecule has 0 N–H and O–H groups in total. The normalized spacial score (nSPS) is 11.2. The molecule has 0 aliphatic rings. The highest BCUT2D eigenvalue weighted by molar-refractivity contribution is 5.93. The molecule has 3 aromatic rings. The molecule has 24 heavy (non-hydrogen) atoms. The molecule has 5 nitrogen and oxygen atoms in total. The highest BCUT2D eigenvalue weighted by Gasteiger charge is 2.16. The lowest BCUT2D eigenvalue weighted by Gasteiger charge is -2.19. The van der Waals surface area contributed by atoms with Crippen LogP contribution < -0.4 is 10.7 Å². The summed E-state index contributed by atoms with van der Waals surface area (Å²) >= 11 is 0. The third kappa shape index (κ3) is 2.97. The Morgan fingerprint density at radius 1 is 1.17 bits per heavy atom. The zero-order chi connectivity index (χ0) is 17.3. The standard InChI is InChI=1S/C19H20N2O3/c1-13(2)14-7-6-8-15(11-14)20(3)18(22)12-21-16-9-4-5-10-17(16)24-19(21)23/h4-11,13H,12H2,1-3H3. The Morgan fingerprint density at radius 2 is 1.92 bits per heavy atom. The van der Waals surface area contributed by atoms with E-state index in [0.29, 0.717) is 17.0 Å². The fourth-order valence-electron chi connectivity index (χ4n) is 2.64. The molecule has 0 aliphatic carbocycles. The minimum atomic E-state index is -0.520. The Morgan fingerprint density at radius 3 is 2.67 bits per heavy atom. The number of hydrogen-bond donors (Lipinski definition) is 0. The second kappa shape index (κ2) is 6.35. The highest BCUT2D eigenvalue weighted by Crippen LogP contribution is 2.21. The van der Waals surface area contributed by atoms with E-state index < -0.39 is 5.76 Å². The fourth-order valence-corrected chi connectivity index (χ4v) is 2.64. The number of nitrogens with zero attached hydrogens (tertiary/aromatic N) is 2. The van der Waals surface area contributed by atoms with Gasteiger partial charge in [-0.05, 0) is 35.7 Å². The van der Waals surface area contributed by atoms with Crippen LogP contribution in [-0.2, 0) is 11.3 Å². The zero-order valence-corrected chi connectivity index (χ0v) is 14.0. The van der Waals surface area contributed by atoms with Crippen LogP contribution in [0.5, 0.6) is 0 Å². The molecule has 1 aromatic heterocycles. The summed E-state index contributed by atoms with van der Waals surface area (Å²) in [5.41, 5.74) is 3.09. The summed E-state index contributed by atoms with van der Waals surface area (Å²) in [5.74, 6) is -0.313. The van der Waals surface area contributed by atoms with Gasteiger partial charge < -0.3 is 9.32 Å². The predicted molar refractivity (Wildman–Crippen MR) is 94.4 cm³/mol. The second-order valence-electron chi connectivity index (χ2n) is 6.12. The number of para-hydroxylation sites is 2. The molecule has 1 amide bonds. The first-order valence-corrected chi connectivity index (χ1v) is 7.92. The van der Waals surface area contributed by atoms with Gasteiger partial charge in [-0.2, -0.15) is 0 Å². The van der Waals surface area contributed by atoms with Crippen molar-refractivity contribution in [1.82, 2.24) is 4.57 Å². The van der Waals surface area contributed by atoms with Gasteiger partial charge in [0.15, 0.2) is 5.58 Å². The summed E-state index contributed by atoms with van der Waals surface area (Å²) in [6.45, 7) is 4.16. The number of oxazole rings is 1. The predicted octanol–water partition coefficient (Wildman–Crippen LogP) is 3.38. The molecule has 5 heteroatoms. The van der Waals surface area contributed by atoms with Crippen molar-refractivity contribution in [3.05, 3.63) is 64.6 Å². The summed E-state index contributed by atoms with van der Waals surface area (Å²) < 4.78 is 6.53. The summed E-state index contributed by atoms with van der Waals surface area (Å²) in [4.78, 5) is 26.2. The number of hydrogen-bond acceptors (Lipinski definition) is 3. The molecule has 0 spiro atoms. The maximum absolute atomic E-state index is 12.6. The van der Waals surface area contributed by atoms with Gasteiger partial charge in [0.1, 0.15) is 6.54 Å². The Balaban J connectivity index is 1.87. The quantitative estimate of drug-likeness (QED) is 0.739. The third-order valence-corrected chi connectivity index (χ3v) is 4.17. The molecular formula is C19H20N2O3. The minimum Gasteiger partial charge on any atom is -0.408 e. The molecule has 0 unspecified atom stereocenters. The number of benzene rings is 2. The molecule has 0 saturated carbocycles. The van der Waals surface area contributed by atoms with Crippen molar-refractivity contribution in [2.45, 2.75) is 26.3 Å². The number of carbonyl (C=O) groups excluding carboxylic acids is 1. The number of likely N-dealkylation sites (N-methyl/N-ethyl adjacent to an activating group) is 1. The first-order chi connectivity index (χ1) is 11.5. The van der Waals surface area contributed by atoms with Crippen LogP contribution in [0.2, 0.25) is 0 Å². The molecule has 3 rings (SSSR count). The number of anilines is 1. The Hall–Kier alpha value is -2.82. The molecule has 0 saturated heterocycles. The molecule has 0 atom stereocenters. The van der Waals surface area contributed by atoms with Crippen molar-refractivity contribution >= 4 is 22.7 Å². The number of rotatable bonds is 4. The SMILES string of the molecule is CC(C)c1cccc(N(C)C(=O)Cn2c(=O)oc3ccccc32)c1. The Bertz CT molecular complexity index is 937. The molecule has 1 heterocycles. The molecule has 0 fully saturated rings. The first kappa shape index (κ1) is 16.1. The Labute approximate surface area is 140 Å². The molecule has 124 valence electrons. The van der Waals surface area contributed by atoms with E-state index in [4.69, 9.17) is 4.42 Å². The van der Waals surface area contributed by atoms with E-state index in [0.717, 1.165) is 11.3 Å². The van der Waals surface area contributed by atoms with Crippen LogP contribution in [0.3, 0.4) is 0 Å². The van der Waals surface area contributed by atoms with Gasteiger partial charge in [-0.15, -0.1) is 0 Å². The second-order valence-corrected chi connectivity index (χ2v) is 6.12. The van der Waals surface area contributed by atoms with E-state index in [9.17, 15) is 9.59 Å². The number of carbonyl (C=O) groups is 1. The lowest BCUT2D eigenvalue weighted by molar-refractivity contribution is -0.118. The van der Waals surface area contributed by atoms with Crippen LogP contribution in [0, 0.1) is 0 Å². The first-order valence-electron chi connectivity index (χ1n) is 7.92. The van der Waals surface area contributed by atoms with Gasteiger partial charge in [0.05, 0.1) is 5.52 Å². The lowest BCUT2D eigenvalue weighted by Crippen LogP contribution is -2.32. The van der Waals surface area contributed by atoms with Crippen molar-refractivity contribution < 1.29 is 9.21 Å². The molecule has 0 radical (unpaired) electrons. The average Bonchev–Trinajstić information content (AvgIpc) is 2.90. The van der Waals surface area contributed by atoms with Crippen molar-refractivity contribution in [2.75, 3.05) is 11.9 Å². The van der Waals surface area contributed by atoms with E-state index in [-0.39, 0.29) is 12.5 Å². The van der Waals surface area contributed by atoms with Gasteiger partial charge in [0.2, 0.25) is 5.91 Å². The van der Waals surface area contributed by atoms with E-state index in [1.165, 1.54) is 4.57 Å². The molecule has 0 aliphatic heterocycles. The largest absolute Gasteiger partial charge is 0.420 e.